The number of nitrogens with one attached hydrogen (secondary N) is 1. The van der Waals surface area contributed by atoms with Gasteiger partial charge in [-0.1, -0.05) is 12.1 Å². The zero-order valence-corrected chi connectivity index (χ0v) is 28.1. The summed E-state index contributed by atoms with van der Waals surface area (Å²) in [6.45, 7) is 6.64. The van der Waals surface area contributed by atoms with Gasteiger partial charge in [-0.2, -0.15) is 18.4 Å². The Kier molecular flexibility index (Phi) is 9.61. The number of anilines is 2. The Morgan fingerprint density at radius 1 is 0.882 bits per heavy atom. The highest BCUT2D eigenvalue weighted by Crippen LogP contribution is 2.37. The molecular formula is C38H39F3N6O4. The molecule has 266 valence electrons. The Morgan fingerprint density at radius 2 is 1.63 bits per heavy atom. The number of fused-ring (bicyclic) bond motifs is 1. The zero-order valence-electron chi connectivity index (χ0n) is 28.1. The molecule has 3 aromatic rings. The molecule has 7 rings (SSSR count). The second kappa shape index (κ2) is 14.3. The maximum atomic E-state index is 13.5. The summed E-state index contributed by atoms with van der Waals surface area (Å²) >= 11 is 0. The van der Waals surface area contributed by atoms with Crippen molar-refractivity contribution < 1.29 is 32.3 Å². The van der Waals surface area contributed by atoms with Crippen LogP contribution in [0.4, 0.5) is 24.5 Å². The number of hydrogen-bond donors (Lipinski definition) is 1. The zero-order chi connectivity index (χ0) is 35.7. The number of nitrogens with zero attached hydrogens (tertiary/aromatic N) is 5. The second-order valence-corrected chi connectivity index (χ2v) is 13.6. The number of amides is 3. The smallest absolute Gasteiger partial charge is 0.417 e. The predicted molar refractivity (Wildman–Crippen MR) is 183 cm³/mol. The maximum absolute atomic E-state index is 13.5. The highest BCUT2D eigenvalue weighted by Gasteiger charge is 2.39. The molecule has 0 aromatic heterocycles. The Morgan fingerprint density at radius 3 is 2.35 bits per heavy atom. The molecule has 51 heavy (non-hydrogen) atoms. The van der Waals surface area contributed by atoms with Gasteiger partial charge >= 0.3 is 6.18 Å². The Labute approximate surface area is 294 Å². The quantitative estimate of drug-likeness (QED) is 0.248. The fraction of sp³-hybridized carbons (Fsp3) is 0.421. The summed E-state index contributed by atoms with van der Waals surface area (Å²) in [5, 5.41) is 11.4. The lowest BCUT2D eigenvalue weighted by molar-refractivity contribution is -0.138. The van der Waals surface area contributed by atoms with Gasteiger partial charge in [-0.3, -0.25) is 24.6 Å². The normalized spacial score (nSPS) is 21.1. The Balaban J connectivity index is 0.836. The van der Waals surface area contributed by atoms with Crippen LogP contribution in [-0.2, 0) is 22.3 Å². The van der Waals surface area contributed by atoms with E-state index in [-0.39, 0.29) is 29.7 Å². The van der Waals surface area contributed by atoms with Crippen LogP contribution in [-0.4, -0.2) is 86.0 Å². The highest BCUT2D eigenvalue weighted by molar-refractivity contribution is 6.05. The number of alkyl halides is 3. The average Bonchev–Trinajstić information content (AvgIpc) is 3.75. The van der Waals surface area contributed by atoms with Gasteiger partial charge in [0.1, 0.15) is 11.8 Å². The van der Waals surface area contributed by atoms with Crippen LogP contribution in [0.1, 0.15) is 64.2 Å². The van der Waals surface area contributed by atoms with E-state index in [9.17, 15) is 27.6 Å². The fourth-order valence-corrected chi connectivity index (χ4v) is 7.63. The Bertz CT molecular complexity index is 1850. The molecule has 3 fully saturated rings. The molecule has 3 aromatic carbocycles. The summed E-state index contributed by atoms with van der Waals surface area (Å²) in [6, 6.07) is 18.8. The third-order valence-corrected chi connectivity index (χ3v) is 10.5. The van der Waals surface area contributed by atoms with Gasteiger partial charge in [0.05, 0.1) is 23.8 Å². The van der Waals surface area contributed by atoms with E-state index in [0.29, 0.717) is 43.9 Å². The summed E-state index contributed by atoms with van der Waals surface area (Å²) in [7, 11) is 0. The molecule has 1 unspecified atom stereocenters. The van der Waals surface area contributed by atoms with E-state index < -0.39 is 23.7 Å². The molecule has 4 heterocycles. The molecule has 2 atom stereocenters. The fourth-order valence-electron chi connectivity index (χ4n) is 7.63. The molecule has 0 spiro atoms. The van der Waals surface area contributed by atoms with E-state index in [2.05, 4.69) is 21.2 Å². The lowest BCUT2D eigenvalue weighted by atomic mass is 9.98. The number of nitriles is 1. The number of carbonyl (C=O) groups is 3. The first-order valence-electron chi connectivity index (χ1n) is 17.4. The van der Waals surface area contributed by atoms with Crippen molar-refractivity contribution in [1.82, 2.24) is 15.1 Å². The van der Waals surface area contributed by atoms with Gasteiger partial charge in [0, 0.05) is 81.6 Å². The van der Waals surface area contributed by atoms with E-state index in [1.165, 1.54) is 6.07 Å². The minimum atomic E-state index is -4.58. The van der Waals surface area contributed by atoms with Crippen LogP contribution in [0.2, 0.25) is 0 Å². The summed E-state index contributed by atoms with van der Waals surface area (Å²) in [4.78, 5) is 45.2. The highest BCUT2D eigenvalue weighted by atomic mass is 19.4. The van der Waals surface area contributed by atoms with Gasteiger partial charge in [-0.15, -0.1) is 0 Å². The maximum Gasteiger partial charge on any atom is 0.417 e. The van der Waals surface area contributed by atoms with Crippen LogP contribution in [0.15, 0.2) is 60.7 Å². The first-order valence-corrected chi connectivity index (χ1v) is 17.4. The standard InChI is InChI=1S/C38H39F3N6O4/c39-38(40,41)33-21-30(5-2-26(33)22-42)46-14-12-27(23-46)25-3-7-31(8-4-25)51-19-1-13-44-15-17-45(18-16-44)29-6-9-32-28(20-29)24-47(37(32)50)34-10-11-35(48)43-36(34)49/h2-9,20-21,27,34H,1,10-19,23-24H2,(H,43,48,49)/t27-,34?/m0/s1. The van der Waals surface area contributed by atoms with Gasteiger partial charge in [-0.05, 0) is 78.9 Å². The number of ether oxygens (including phenoxy) is 1. The van der Waals surface area contributed by atoms with Gasteiger partial charge in [0.15, 0.2) is 0 Å². The first kappa shape index (κ1) is 34.4. The van der Waals surface area contributed by atoms with Crippen molar-refractivity contribution in [1.29, 1.82) is 5.26 Å². The molecule has 0 saturated carbocycles. The van der Waals surface area contributed by atoms with Crippen molar-refractivity contribution in [3.8, 4) is 11.8 Å². The van der Waals surface area contributed by atoms with Crippen LogP contribution in [0.3, 0.4) is 0 Å². The van der Waals surface area contributed by atoms with E-state index >= 15 is 0 Å². The largest absolute Gasteiger partial charge is 0.494 e. The third kappa shape index (κ3) is 7.37. The van der Waals surface area contributed by atoms with Gasteiger partial charge in [-0.25, -0.2) is 0 Å². The minimum absolute atomic E-state index is 0.163. The van der Waals surface area contributed by atoms with Crippen LogP contribution in [0.25, 0.3) is 0 Å². The van der Waals surface area contributed by atoms with Crippen molar-refractivity contribution in [2.45, 2.75) is 50.4 Å². The number of carbonyl (C=O) groups excluding carboxylic acids is 3. The lowest BCUT2D eigenvalue weighted by Crippen LogP contribution is -2.52. The number of benzene rings is 3. The third-order valence-electron chi connectivity index (χ3n) is 10.5. The van der Waals surface area contributed by atoms with Crippen LogP contribution < -0.4 is 19.9 Å². The SMILES string of the molecule is N#Cc1ccc(N2CC[C@H](c3ccc(OCCCN4CCN(c5ccc6c(c5)CN(C5CCC(=O)NC5=O)C6=O)CC4)cc3)C2)cc1C(F)(F)F. The predicted octanol–water partition coefficient (Wildman–Crippen LogP) is 4.92. The van der Waals surface area contributed by atoms with Gasteiger partial charge < -0.3 is 19.4 Å². The first-order chi connectivity index (χ1) is 24.6. The number of hydrogen-bond acceptors (Lipinski definition) is 8. The molecular weight excluding hydrogens is 661 g/mol. The number of imide groups is 1. The number of rotatable bonds is 9. The summed E-state index contributed by atoms with van der Waals surface area (Å²) < 4.78 is 46.4. The van der Waals surface area contributed by atoms with E-state index in [0.717, 1.165) is 74.2 Å². The van der Waals surface area contributed by atoms with Crippen molar-refractivity contribution in [2.75, 3.05) is 62.2 Å². The molecule has 0 radical (unpaired) electrons. The summed E-state index contributed by atoms with van der Waals surface area (Å²) in [6.07, 6.45) is -2.30. The topological polar surface area (TPSA) is 109 Å². The van der Waals surface area contributed by atoms with Crippen molar-refractivity contribution in [3.63, 3.8) is 0 Å². The summed E-state index contributed by atoms with van der Waals surface area (Å²) in [5.74, 6) is 0.111. The molecule has 0 aliphatic carbocycles. The molecule has 4 aliphatic rings. The van der Waals surface area contributed by atoms with E-state index in [1.807, 2.05) is 41.3 Å². The number of halogens is 3. The second-order valence-electron chi connectivity index (χ2n) is 13.6. The minimum Gasteiger partial charge on any atom is -0.494 e. The van der Waals surface area contributed by atoms with Crippen LogP contribution in [0.5, 0.6) is 5.75 Å². The van der Waals surface area contributed by atoms with E-state index in [4.69, 9.17) is 10.00 Å². The molecule has 3 amide bonds. The molecule has 10 nitrogen and oxygen atoms in total. The van der Waals surface area contributed by atoms with Gasteiger partial charge in [0.25, 0.3) is 5.91 Å². The summed E-state index contributed by atoms with van der Waals surface area (Å²) in [5.41, 5.74) is 2.93. The molecule has 13 heteroatoms. The number of piperazine rings is 1. The lowest BCUT2D eigenvalue weighted by Gasteiger charge is -2.36. The average molecular weight is 701 g/mol. The van der Waals surface area contributed by atoms with Gasteiger partial charge in [0.2, 0.25) is 11.8 Å². The van der Waals surface area contributed by atoms with Crippen LogP contribution in [0, 0.1) is 11.3 Å². The molecule has 1 N–H and O–H groups in total. The molecule has 4 aliphatic heterocycles. The monoisotopic (exact) mass is 700 g/mol. The molecule has 3 saturated heterocycles. The van der Waals surface area contributed by atoms with Crippen LogP contribution >= 0.6 is 0 Å². The molecule has 0 bridgehead atoms. The van der Waals surface area contributed by atoms with Crippen molar-refractivity contribution >= 4 is 29.1 Å². The number of piperidine rings is 1. The van der Waals surface area contributed by atoms with Crippen molar-refractivity contribution in [3.05, 3.63) is 88.5 Å². The van der Waals surface area contributed by atoms with Crippen molar-refractivity contribution in [2.24, 2.45) is 0 Å². The Hall–Kier alpha value is -5.09. The van der Waals surface area contributed by atoms with E-state index in [1.54, 1.807) is 17.0 Å².